The molecule has 6 nitrogen and oxygen atoms in total. The third-order valence-corrected chi connectivity index (χ3v) is 3.77. The molecule has 0 bridgehead atoms. The van der Waals surface area contributed by atoms with Crippen LogP contribution in [0.5, 0.6) is 0 Å². The molecule has 0 spiro atoms. The van der Waals surface area contributed by atoms with Crippen molar-refractivity contribution >= 4 is 5.91 Å². The number of hydrogen-bond donors (Lipinski definition) is 1. The topological polar surface area (TPSA) is 85.3 Å². The maximum atomic E-state index is 11.3. The van der Waals surface area contributed by atoms with Crippen molar-refractivity contribution < 1.29 is 9.21 Å². The largest absolute Gasteiger partial charge is 0.424 e. The predicted molar refractivity (Wildman–Crippen MR) is 76.2 cm³/mol. The number of benzene rings is 1. The van der Waals surface area contributed by atoms with Crippen LogP contribution in [0.3, 0.4) is 0 Å². The summed E-state index contributed by atoms with van der Waals surface area (Å²) >= 11 is 0. The molecular formula is C15H18N4O2. The molecule has 0 saturated heterocycles. The van der Waals surface area contributed by atoms with Gasteiger partial charge >= 0.3 is 0 Å². The van der Waals surface area contributed by atoms with Crippen LogP contribution in [-0.4, -0.2) is 27.5 Å². The van der Waals surface area contributed by atoms with Crippen molar-refractivity contribution in [3.8, 4) is 0 Å². The molecule has 110 valence electrons. The average Bonchev–Trinajstić information content (AvgIpc) is 2.94. The van der Waals surface area contributed by atoms with E-state index in [4.69, 9.17) is 10.2 Å². The lowest BCUT2D eigenvalue weighted by Gasteiger charge is -2.33. The van der Waals surface area contributed by atoms with E-state index < -0.39 is 0 Å². The number of amides is 1. The summed E-state index contributed by atoms with van der Waals surface area (Å²) in [7, 11) is 0. The van der Waals surface area contributed by atoms with Crippen LogP contribution in [0.2, 0.25) is 0 Å². The fourth-order valence-electron chi connectivity index (χ4n) is 2.73. The maximum absolute atomic E-state index is 11.3. The van der Waals surface area contributed by atoms with Crippen LogP contribution in [0.4, 0.5) is 0 Å². The normalized spacial score (nSPS) is 18.4. The second-order valence-corrected chi connectivity index (χ2v) is 5.25. The highest BCUT2D eigenvalue weighted by atomic mass is 16.4. The highest BCUT2D eigenvalue weighted by molar-refractivity contribution is 5.76. The molecule has 2 aromatic rings. The van der Waals surface area contributed by atoms with E-state index in [1.807, 2.05) is 24.0 Å². The van der Waals surface area contributed by atoms with Crippen molar-refractivity contribution in [2.45, 2.75) is 32.4 Å². The molecule has 1 atom stereocenters. The standard InChI is InChI=1S/C15H18N4O2/c1-2-14-17-18-15(21-14)12-7-10-5-3-4-6-11(10)8-19(12)9-13(16)20/h3-6,12H,2,7-9H2,1H3,(H2,16,20)/t12-/m1/s1. The molecule has 3 rings (SSSR count). The van der Waals surface area contributed by atoms with Crippen molar-refractivity contribution in [2.75, 3.05) is 6.54 Å². The number of fused-ring (bicyclic) bond motifs is 1. The number of carbonyl (C=O) groups is 1. The Morgan fingerprint density at radius 2 is 2.14 bits per heavy atom. The lowest BCUT2D eigenvalue weighted by molar-refractivity contribution is -0.120. The number of rotatable bonds is 4. The van der Waals surface area contributed by atoms with Gasteiger partial charge in [-0.25, -0.2) is 0 Å². The molecule has 0 aliphatic carbocycles. The molecule has 0 radical (unpaired) electrons. The Morgan fingerprint density at radius 1 is 1.38 bits per heavy atom. The van der Waals surface area contributed by atoms with Gasteiger partial charge in [-0.3, -0.25) is 9.69 Å². The first-order valence-electron chi connectivity index (χ1n) is 7.08. The van der Waals surface area contributed by atoms with Crippen LogP contribution in [-0.2, 0) is 24.2 Å². The van der Waals surface area contributed by atoms with Crippen molar-refractivity contribution in [3.05, 3.63) is 47.2 Å². The van der Waals surface area contributed by atoms with E-state index in [-0.39, 0.29) is 18.5 Å². The number of hydrogen-bond acceptors (Lipinski definition) is 5. The Kier molecular flexibility index (Phi) is 3.70. The lowest BCUT2D eigenvalue weighted by atomic mass is 9.94. The van der Waals surface area contributed by atoms with Crippen molar-refractivity contribution in [2.24, 2.45) is 5.73 Å². The zero-order chi connectivity index (χ0) is 14.8. The Balaban J connectivity index is 1.93. The van der Waals surface area contributed by atoms with E-state index in [9.17, 15) is 4.79 Å². The molecule has 0 saturated carbocycles. The summed E-state index contributed by atoms with van der Waals surface area (Å²) in [4.78, 5) is 13.3. The number of primary amides is 1. The quantitative estimate of drug-likeness (QED) is 0.913. The Morgan fingerprint density at radius 3 is 2.81 bits per heavy atom. The molecule has 2 N–H and O–H groups in total. The van der Waals surface area contributed by atoms with Crippen molar-refractivity contribution in [1.29, 1.82) is 0 Å². The summed E-state index contributed by atoms with van der Waals surface area (Å²) < 4.78 is 5.68. The SMILES string of the molecule is CCc1nnc([C@H]2Cc3ccccc3CN2CC(N)=O)o1. The molecule has 6 heteroatoms. The fourth-order valence-corrected chi connectivity index (χ4v) is 2.73. The van der Waals surface area contributed by atoms with Crippen molar-refractivity contribution in [1.82, 2.24) is 15.1 Å². The minimum atomic E-state index is -0.352. The molecule has 0 fully saturated rings. The number of carbonyl (C=O) groups excluding carboxylic acids is 1. The summed E-state index contributed by atoms with van der Waals surface area (Å²) in [5, 5.41) is 8.15. The zero-order valence-corrected chi connectivity index (χ0v) is 12.0. The van der Waals surface area contributed by atoms with E-state index in [0.29, 0.717) is 24.7 Å². The number of nitrogens with zero attached hydrogens (tertiary/aromatic N) is 3. The van der Waals surface area contributed by atoms with Crippen LogP contribution in [0.1, 0.15) is 35.9 Å². The molecule has 1 aliphatic rings. The van der Waals surface area contributed by atoms with Crippen molar-refractivity contribution in [3.63, 3.8) is 0 Å². The van der Waals surface area contributed by atoms with Gasteiger partial charge in [0.25, 0.3) is 0 Å². The second-order valence-electron chi connectivity index (χ2n) is 5.25. The van der Waals surface area contributed by atoms with Crippen LogP contribution in [0.25, 0.3) is 0 Å². The van der Waals surface area contributed by atoms with Gasteiger partial charge in [-0.05, 0) is 17.5 Å². The summed E-state index contributed by atoms with van der Waals surface area (Å²) in [6.07, 6.45) is 1.45. The number of nitrogens with two attached hydrogens (primary N) is 1. The van der Waals surface area contributed by atoms with Gasteiger partial charge in [0.05, 0.1) is 12.6 Å². The van der Waals surface area contributed by atoms with Gasteiger partial charge in [-0.15, -0.1) is 10.2 Å². The monoisotopic (exact) mass is 286 g/mol. The van der Waals surface area contributed by atoms with Crippen LogP contribution >= 0.6 is 0 Å². The maximum Gasteiger partial charge on any atom is 0.233 e. The van der Waals surface area contributed by atoms with Gasteiger partial charge in [-0.2, -0.15) is 0 Å². The highest BCUT2D eigenvalue weighted by Crippen LogP contribution is 2.32. The van der Waals surface area contributed by atoms with Crippen LogP contribution in [0, 0.1) is 0 Å². The lowest BCUT2D eigenvalue weighted by Crippen LogP contribution is -2.40. The molecular weight excluding hydrogens is 268 g/mol. The first-order valence-corrected chi connectivity index (χ1v) is 7.08. The smallest absolute Gasteiger partial charge is 0.233 e. The predicted octanol–water partition coefficient (Wildman–Crippen LogP) is 1.22. The van der Waals surface area contributed by atoms with E-state index in [1.165, 1.54) is 11.1 Å². The third kappa shape index (κ3) is 2.80. The molecule has 0 unspecified atom stereocenters. The summed E-state index contributed by atoms with van der Waals surface area (Å²) in [6.45, 7) is 2.81. The molecule has 1 aromatic carbocycles. The Labute approximate surface area is 123 Å². The van der Waals surface area contributed by atoms with Gasteiger partial charge in [0.1, 0.15) is 0 Å². The summed E-state index contributed by atoms with van der Waals surface area (Å²) in [5.74, 6) is 0.820. The van der Waals surface area contributed by atoms with Crippen LogP contribution < -0.4 is 5.73 Å². The molecule has 2 heterocycles. The molecule has 1 aromatic heterocycles. The molecule has 21 heavy (non-hydrogen) atoms. The van der Waals surface area contributed by atoms with Crippen LogP contribution in [0.15, 0.2) is 28.7 Å². The van der Waals surface area contributed by atoms with Gasteiger partial charge in [-0.1, -0.05) is 31.2 Å². The van der Waals surface area contributed by atoms with E-state index in [1.54, 1.807) is 0 Å². The second kappa shape index (κ2) is 5.65. The minimum absolute atomic E-state index is 0.0970. The third-order valence-electron chi connectivity index (χ3n) is 3.77. The fraction of sp³-hybridized carbons (Fsp3) is 0.400. The molecule has 1 amide bonds. The Hall–Kier alpha value is -2.21. The van der Waals surface area contributed by atoms with Gasteiger partial charge in [0.15, 0.2) is 0 Å². The zero-order valence-electron chi connectivity index (χ0n) is 12.0. The first-order chi connectivity index (χ1) is 10.2. The number of aromatic nitrogens is 2. The summed E-state index contributed by atoms with van der Waals surface area (Å²) in [6, 6.07) is 8.10. The minimum Gasteiger partial charge on any atom is -0.424 e. The number of aryl methyl sites for hydroxylation is 1. The van der Waals surface area contributed by atoms with E-state index in [0.717, 1.165) is 6.42 Å². The van der Waals surface area contributed by atoms with Gasteiger partial charge < -0.3 is 10.2 Å². The average molecular weight is 286 g/mol. The van der Waals surface area contributed by atoms with Gasteiger partial charge in [0, 0.05) is 13.0 Å². The Bertz CT molecular complexity index is 653. The highest BCUT2D eigenvalue weighted by Gasteiger charge is 2.31. The van der Waals surface area contributed by atoms with E-state index >= 15 is 0 Å². The molecule has 1 aliphatic heterocycles. The van der Waals surface area contributed by atoms with Gasteiger partial charge in [0.2, 0.25) is 17.7 Å². The van der Waals surface area contributed by atoms with E-state index in [2.05, 4.69) is 22.3 Å². The first kappa shape index (κ1) is 13.8. The summed E-state index contributed by atoms with van der Waals surface area (Å²) in [5.41, 5.74) is 7.83.